The number of methoxy groups -OCH3 is 1. The highest BCUT2D eigenvalue weighted by atomic mass is 79.9. The third-order valence-corrected chi connectivity index (χ3v) is 3.14. The van der Waals surface area contributed by atoms with Gasteiger partial charge in [0.15, 0.2) is 5.82 Å². The Balaban J connectivity index is 1.85. The molecule has 0 radical (unpaired) electrons. The molecule has 0 aliphatic heterocycles. The highest BCUT2D eigenvalue weighted by molar-refractivity contribution is 9.10. The van der Waals surface area contributed by atoms with Gasteiger partial charge in [0.1, 0.15) is 6.33 Å². The molecule has 0 aliphatic carbocycles. The number of hydrogen-bond acceptors (Lipinski definition) is 4. The lowest BCUT2D eigenvalue weighted by atomic mass is 10.2. The predicted octanol–water partition coefficient (Wildman–Crippen LogP) is 1.82. The summed E-state index contributed by atoms with van der Waals surface area (Å²) in [6, 6.07) is 8.20. The fourth-order valence-electron chi connectivity index (χ4n) is 1.64. The highest BCUT2D eigenvalue weighted by Gasteiger charge is 2.01. The van der Waals surface area contributed by atoms with Crippen LogP contribution in [-0.2, 0) is 17.8 Å². The Bertz CT molecular complexity index is 498. The number of nitrogens with zero attached hydrogens (tertiary/aromatic N) is 3. The van der Waals surface area contributed by atoms with Gasteiger partial charge in [-0.3, -0.25) is 0 Å². The Hall–Kier alpha value is -1.24. The molecule has 1 aromatic carbocycles. The van der Waals surface area contributed by atoms with E-state index in [0.29, 0.717) is 13.2 Å². The zero-order valence-electron chi connectivity index (χ0n) is 10.8. The molecular formula is C13H17BrN4O. The van der Waals surface area contributed by atoms with Crippen LogP contribution >= 0.6 is 15.9 Å². The lowest BCUT2D eigenvalue weighted by molar-refractivity contribution is 0.199. The van der Waals surface area contributed by atoms with Gasteiger partial charge in [0, 0.05) is 18.1 Å². The summed E-state index contributed by atoms with van der Waals surface area (Å²) in [6.07, 6.45) is 1.76. The maximum atomic E-state index is 4.96. The van der Waals surface area contributed by atoms with E-state index in [-0.39, 0.29) is 0 Å². The first kappa shape index (κ1) is 14.2. The second-order valence-electron chi connectivity index (χ2n) is 4.15. The molecule has 5 nitrogen and oxygen atoms in total. The first-order valence-electron chi connectivity index (χ1n) is 6.10. The highest BCUT2D eigenvalue weighted by Crippen LogP contribution is 2.11. The first-order chi connectivity index (χ1) is 9.28. The van der Waals surface area contributed by atoms with Crippen LogP contribution in [0.2, 0.25) is 0 Å². The monoisotopic (exact) mass is 324 g/mol. The third kappa shape index (κ3) is 4.74. The normalized spacial score (nSPS) is 10.8. The van der Waals surface area contributed by atoms with Crippen molar-refractivity contribution in [3.8, 4) is 0 Å². The first-order valence-corrected chi connectivity index (χ1v) is 6.89. The lowest BCUT2D eigenvalue weighted by Crippen LogP contribution is -2.19. The maximum Gasteiger partial charge on any atom is 0.164 e. The third-order valence-electron chi connectivity index (χ3n) is 2.61. The number of halogens is 1. The summed E-state index contributed by atoms with van der Waals surface area (Å²) >= 11 is 3.42. The zero-order valence-corrected chi connectivity index (χ0v) is 12.4. The molecule has 0 aliphatic rings. The van der Waals surface area contributed by atoms with Gasteiger partial charge < -0.3 is 10.1 Å². The summed E-state index contributed by atoms with van der Waals surface area (Å²) in [7, 11) is 1.69. The predicted molar refractivity (Wildman–Crippen MR) is 76.8 cm³/mol. The lowest BCUT2D eigenvalue weighted by Gasteiger charge is -2.02. The summed E-state index contributed by atoms with van der Waals surface area (Å²) in [5.74, 6) is 0.799. The van der Waals surface area contributed by atoms with Gasteiger partial charge in [0.05, 0.1) is 19.7 Å². The molecule has 0 unspecified atom stereocenters. The number of rotatable bonds is 7. The molecule has 6 heteroatoms. The number of nitrogens with one attached hydrogen (secondary N) is 1. The van der Waals surface area contributed by atoms with Crippen LogP contribution in [0.5, 0.6) is 0 Å². The topological polar surface area (TPSA) is 52.0 Å². The minimum absolute atomic E-state index is 0.663. The van der Waals surface area contributed by atoms with Gasteiger partial charge in [-0.1, -0.05) is 28.1 Å². The number of benzene rings is 1. The zero-order chi connectivity index (χ0) is 13.5. The molecule has 0 saturated carbocycles. The Kier molecular flexibility index (Phi) is 5.50. The minimum Gasteiger partial charge on any atom is -0.383 e. The average Bonchev–Trinajstić information content (AvgIpc) is 2.85. The van der Waals surface area contributed by atoms with Gasteiger partial charge in [-0.2, -0.15) is 5.10 Å². The van der Waals surface area contributed by atoms with Crippen molar-refractivity contribution in [2.24, 2.45) is 0 Å². The van der Waals surface area contributed by atoms with Gasteiger partial charge >= 0.3 is 0 Å². The molecule has 0 bridgehead atoms. The van der Waals surface area contributed by atoms with Crippen molar-refractivity contribution in [3.63, 3.8) is 0 Å². The van der Waals surface area contributed by atoms with E-state index < -0.39 is 0 Å². The summed E-state index contributed by atoms with van der Waals surface area (Å²) in [5, 5.41) is 7.63. The summed E-state index contributed by atoms with van der Waals surface area (Å²) in [6.45, 7) is 2.90. The number of hydrogen-bond donors (Lipinski definition) is 1. The second kappa shape index (κ2) is 7.37. The fourth-order valence-corrected chi connectivity index (χ4v) is 1.91. The van der Waals surface area contributed by atoms with Crippen LogP contribution in [0.25, 0.3) is 0 Å². The SMILES string of the molecule is COCCNCc1ncn(Cc2ccc(Br)cc2)n1. The van der Waals surface area contributed by atoms with E-state index in [1.54, 1.807) is 13.4 Å². The van der Waals surface area contributed by atoms with Crippen LogP contribution in [-0.4, -0.2) is 35.0 Å². The van der Waals surface area contributed by atoms with Crippen molar-refractivity contribution >= 4 is 15.9 Å². The molecule has 2 rings (SSSR count). The van der Waals surface area contributed by atoms with Crippen molar-refractivity contribution in [1.29, 1.82) is 0 Å². The van der Waals surface area contributed by atoms with E-state index in [0.717, 1.165) is 23.4 Å². The molecule has 1 aromatic heterocycles. The van der Waals surface area contributed by atoms with E-state index in [1.807, 2.05) is 16.8 Å². The van der Waals surface area contributed by atoms with Crippen molar-refractivity contribution in [1.82, 2.24) is 20.1 Å². The second-order valence-corrected chi connectivity index (χ2v) is 5.07. The molecule has 19 heavy (non-hydrogen) atoms. The van der Waals surface area contributed by atoms with E-state index in [1.165, 1.54) is 5.56 Å². The Morgan fingerprint density at radius 1 is 1.32 bits per heavy atom. The molecule has 2 aromatic rings. The fraction of sp³-hybridized carbons (Fsp3) is 0.385. The van der Waals surface area contributed by atoms with E-state index in [9.17, 15) is 0 Å². The molecule has 0 atom stereocenters. The van der Waals surface area contributed by atoms with Gasteiger partial charge in [-0.05, 0) is 17.7 Å². The summed E-state index contributed by atoms with van der Waals surface area (Å²) in [4.78, 5) is 4.27. The van der Waals surface area contributed by atoms with Crippen molar-refractivity contribution in [2.75, 3.05) is 20.3 Å². The molecule has 0 saturated heterocycles. The number of ether oxygens (including phenoxy) is 1. The molecule has 1 heterocycles. The van der Waals surface area contributed by atoms with Gasteiger partial charge in [0.2, 0.25) is 0 Å². The van der Waals surface area contributed by atoms with Crippen LogP contribution in [0.15, 0.2) is 35.1 Å². The van der Waals surface area contributed by atoms with Gasteiger partial charge in [-0.15, -0.1) is 0 Å². The quantitative estimate of drug-likeness (QED) is 0.789. The minimum atomic E-state index is 0.663. The van der Waals surface area contributed by atoms with Crippen molar-refractivity contribution < 1.29 is 4.74 Å². The maximum absolute atomic E-state index is 4.96. The molecule has 102 valence electrons. The van der Waals surface area contributed by atoms with Crippen LogP contribution in [0, 0.1) is 0 Å². The average molecular weight is 325 g/mol. The smallest absolute Gasteiger partial charge is 0.164 e. The van der Waals surface area contributed by atoms with Crippen LogP contribution < -0.4 is 5.32 Å². The van der Waals surface area contributed by atoms with Crippen LogP contribution in [0.3, 0.4) is 0 Å². The van der Waals surface area contributed by atoms with Gasteiger partial charge in [0.25, 0.3) is 0 Å². The molecular weight excluding hydrogens is 308 g/mol. The summed E-state index contributed by atoms with van der Waals surface area (Å²) < 4.78 is 7.89. The van der Waals surface area contributed by atoms with E-state index in [4.69, 9.17) is 4.74 Å². The Morgan fingerprint density at radius 2 is 2.11 bits per heavy atom. The van der Waals surface area contributed by atoms with Crippen LogP contribution in [0.4, 0.5) is 0 Å². The van der Waals surface area contributed by atoms with Crippen molar-refractivity contribution in [2.45, 2.75) is 13.1 Å². The molecule has 0 fully saturated rings. The van der Waals surface area contributed by atoms with Gasteiger partial charge in [-0.25, -0.2) is 9.67 Å². The summed E-state index contributed by atoms with van der Waals surface area (Å²) in [5.41, 5.74) is 1.20. The molecule has 0 spiro atoms. The van der Waals surface area contributed by atoms with E-state index in [2.05, 4.69) is 43.5 Å². The molecule has 0 amide bonds. The van der Waals surface area contributed by atoms with E-state index >= 15 is 0 Å². The molecule has 1 N–H and O–H groups in total. The largest absolute Gasteiger partial charge is 0.383 e. The van der Waals surface area contributed by atoms with Crippen LogP contribution in [0.1, 0.15) is 11.4 Å². The van der Waals surface area contributed by atoms with Crippen molar-refractivity contribution in [3.05, 3.63) is 46.5 Å². The Labute approximate surface area is 121 Å². The Morgan fingerprint density at radius 3 is 2.84 bits per heavy atom. The number of aromatic nitrogens is 3. The standard InChI is InChI=1S/C13H17BrN4O/c1-19-7-6-15-8-13-16-10-18(17-13)9-11-2-4-12(14)5-3-11/h2-5,10,15H,6-9H2,1H3.